The Morgan fingerprint density at radius 1 is 1.10 bits per heavy atom. The minimum absolute atomic E-state index is 0.202. The fraction of sp³-hybridized carbons (Fsp3) is 0.130. The molecule has 0 aliphatic rings. The Kier molecular flexibility index (Phi) is 6.24. The van der Waals surface area contributed by atoms with E-state index in [4.69, 9.17) is 11.6 Å². The molecule has 31 heavy (non-hydrogen) atoms. The van der Waals surface area contributed by atoms with Crippen molar-refractivity contribution in [3.63, 3.8) is 0 Å². The van der Waals surface area contributed by atoms with Gasteiger partial charge in [-0.2, -0.15) is 10.2 Å². The first-order valence-corrected chi connectivity index (χ1v) is 10.1. The number of benzene rings is 2. The van der Waals surface area contributed by atoms with Crippen molar-refractivity contribution in [1.29, 1.82) is 0 Å². The number of hydrogen-bond donors (Lipinski definition) is 1. The van der Waals surface area contributed by atoms with Gasteiger partial charge in [-0.1, -0.05) is 54.1 Å². The first-order chi connectivity index (χ1) is 15.1. The van der Waals surface area contributed by atoms with Crippen molar-refractivity contribution >= 4 is 23.6 Å². The van der Waals surface area contributed by atoms with E-state index in [-0.39, 0.29) is 5.91 Å². The number of amides is 1. The van der Waals surface area contributed by atoms with E-state index < -0.39 is 0 Å². The van der Waals surface area contributed by atoms with Gasteiger partial charge >= 0.3 is 0 Å². The van der Waals surface area contributed by atoms with E-state index >= 15 is 0 Å². The molecule has 0 atom stereocenters. The molecule has 2 aromatic heterocycles. The van der Waals surface area contributed by atoms with Crippen molar-refractivity contribution < 1.29 is 4.79 Å². The van der Waals surface area contributed by atoms with Gasteiger partial charge in [-0.25, -0.2) is 14.3 Å². The highest BCUT2D eigenvalue weighted by atomic mass is 35.5. The molecule has 0 fully saturated rings. The summed E-state index contributed by atoms with van der Waals surface area (Å²) in [4.78, 5) is 16.2. The molecule has 0 spiro atoms. The topological polar surface area (TPSA) is 77.6 Å². The summed E-state index contributed by atoms with van der Waals surface area (Å²) in [5.41, 5.74) is 4.51. The summed E-state index contributed by atoms with van der Waals surface area (Å²) in [6.45, 7) is 2.87. The fourth-order valence-corrected chi connectivity index (χ4v) is 3.43. The number of carbonyl (C=O) groups is 1. The van der Waals surface area contributed by atoms with E-state index in [1.54, 1.807) is 21.8 Å². The molecule has 0 saturated carbocycles. The third-order valence-corrected chi connectivity index (χ3v) is 5.17. The third-order valence-electron chi connectivity index (χ3n) is 4.77. The highest BCUT2D eigenvalue weighted by molar-refractivity contribution is 6.31. The Labute approximate surface area is 185 Å². The second-order valence-corrected chi connectivity index (χ2v) is 7.35. The smallest absolute Gasteiger partial charge is 0.244 e. The molecule has 0 bridgehead atoms. The third kappa shape index (κ3) is 5.07. The molecule has 0 radical (unpaired) electrons. The van der Waals surface area contributed by atoms with Gasteiger partial charge in [0, 0.05) is 18.2 Å². The molecule has 2 heterocycles. The molecule has 0 aliphatic heterocycles. The lowest BCUT2D eigenvalue weighted by molar-refractivity contribution is -0.116. The summed E-state index contributed by atoms with van der Waals surface area (Å²) in [5.74, 6) is -0.202. The zero-order valence-electron chi connectivity index (χ0n) is 16.9. The summed E-state index contributed by atoms with van der Waals surface area (Å²) in [6.07, 6.45) is 6.30. The quantitative estimate of drug-likeness (QED) is 0.450. The summed E-state index contributed by atoms with van der Waals surface area (Å²) in [7, 11) is 0. The molecular formula is C23H21ClN6O. The van der Waals surface area contributed by atoms with Crippen molar-refractivity contribution in [2.45, 2.75) is 20.0 Å². The summed E-state index contributed by atoms with van der Waals surface area (Å²) in [5, 5.41) is 12.0. The first-order valence-electron chi connectivity index (χ1n) is 9.77. The predicted octanol–water partition coefficient (Wildman–Crippen LogP) is 3.80. The lowest BCUT2D eigenvalue weighted by Gasteiger charge is -2.05. The average molecular weight is 433 g/mol. The van der Waals surface area contributed by atoms with Crippen LogP contribution in [0.25, 0.3) is 11.8 Å². The Bertz CT molecular complexity index is 1180. The molecular weight excluding hydrogens is 412 g/mol. The molecule has 8 heteroatoms. The van der Waals surface area contributed by atoms with Gasteiger partial charge in [0.1, 0.15) is 17.8 Å². The molecule has 1 N–H and O–H groups in total. The number of aryl methyl sites for hydroxylation is 1. The van der Waals surface area contributed by atoms with Gasteiger partial charge in [0.25, 0.3) is 0 Å². The number of rotatable bonds is 7. The largest absolute Gasteiger partial charge is 0.348 e. The van der Waals surface area contributed by atoms with Gasteiger partial charge in [0.2, 0.25) is 5.91 Å². The molecule has 7 nitrogen and oxygen atoms in total. The summed E-state index contributed by atoms with van der Waals surface area (Å²) < 4.78 is 3.41. The van der Waals surface area contributed by atoms with Crippen LogP contribution < -0.4 is 5.32 Å². The van der Waals surface area contributed by atoms with E-state index in [9.17, 15) is 4.79 Å². The molecule has 0 saturated heterocycles. The normalized spacial score (nSPS) is 11.2. The zero-order valence-corrected chi connectivity index (χ0v) is 17.7. The van der Waals surface area contributed by atoms with Crippen LogP contribution >= 0.6 is 11.6 Å². The van der Waals surface area contributed by atoms with Crippen molar-refractivity contribution in [3.05, 3.63) is 101 Å². The Morgan fingerprint density at radius 2 is 1.87 bits per heavy atom. The molecule has 0 aliphatic carbocycles. The number of hydrogen-bond acceptors (Lipinski definition) is 4. The van der Waals surface area contributed by atoms with Crippen LogP contribution in [0.1, 0.15) is 22.4 Å². The second-order valence-electron chi connectivity index (χ2n) is 6.99. The minimum Gasteiger partial charge on any atom is -0.348 e. The van der Waals surface area contributed by atoms with Gasteiger partial charge in [-0.15, -0.1) is 0 Å². The van der Waals surface area contributed by atoms with Crippen LogP contribution in [0.3, 0.4) is 0 Å². The van der Waals surface area contributed by atoms with E-state index in [1.165, 1.54) is 12.4 Å². The fourth-order valence-electron chi connectivity index (χ4n) is 3.13. The summed E-state index contributed by atoms with van der Waals surface area (Å²) in [6, 6.07) is 17.7. The molecule has 1 amide bonds. The predicted molar refractivity (Wildman–Crippen MR) is 120 cm³/mol. The molecule has 2 aromatic carbocycles. The standard InChI is InChI=1S/C23H21ClN6O/c1-17-21(23(24)29(28-17)14-19-5-3-2-4-6-19)11-12-22(31)26-13-18-7-9-20(10-8-18)30-16-25-15-27-30/h2-12,15-16H,13-14H2,1H3,(H,26,31). The Balaban J connectivity index is 1.36. The lowest BCUT2D eigenvalue weighted by atomic mass is 10.2. The molecule has 156 valence electrons. The monoisotopic (exact) mass is 432 g/mol. The number of carbonyl (C=O) groups excluding carboxylic acids is 1. The van der Waals surface area contributed by atoms with Crippen LogP contribution in [-0.2, 0) is 17.9 Å². The van der Waals surface area contributed by atoms with Gasteiger partial charge < -0.3 is 5.32 Å². The van der Waals surface area contributed by atoms with Crippen LogP contribution in [0.4, 0.5) is 0 Å². The van der Waals surface area contributed by atoms with Gasteiger partial charge in [0.05, 0.1) is 17.9 Å². The molecule has 0 unspecified atom stereocenters. The molecule has 4 aromatic rings. The maximum absolute atomic E-state index is 12.3. The highest BCUT2D eigenvalue weighted by Crippen LogP contribution is 2.22. The molecule has 4 rings (SSSR count). The van der Waals surface area contributed by atoms with E-state index in [0.29, 0.717) is 18.2 Å². The van der Waals surface area contributed by atoms with Crippen LogP contribution in [0, 0.1) is 6.92 Å². The van der Waals surface area contributed by atoms with Crippen molar-refractivity contribution in [1.82, 2.24) is 29.9 Å². The van der Waals surface area contributed by atoms with Crippen LogP contribution in [0.2, 0.25) is 5.15 Å². The SMILES string of the molecule is Cc1nn(Cc2ccccc2)c(Cl)c1C=CC(=O)NCc1ccc(-n2cncn2)cc1. The van der Waals surface area contributed by atoms with Crippen molar-refractivity contribution in [3.8, 4) is 5.69 Å². The van der Waals surface area contributed by atoms with Crippen molar-refractivity contribution in [2.75, 3.05) is 0 Å². The number of nitrogens with one attached hydrogen (secondary N) is 1. The van der Waals surface area contributed by atoms with Gasteiger partial charge in [0.15, 0.2) is 0 Å². The number of halogens is 1. The van der Waals surface area contributed by atoms with Crippen LogP contribution in [0.15, 0.2) is 73.3 Å². The summed E-state index contributed by atoms with van der Waals surface area (Å²) >= 11 is 6.50. The van der Waals surface area contributed by atoms with Gasteiger partial charge in [-0.05, 0) is 36.3 Å². The lowest BCUT2D eigenvalue weighted by Crippen LogP contribution is -2.20. The van der Waals surface area contributed by atoms with Crippen molar-refractivity contribution in [2.24, 2.45) is 0 Å². The maximum Gasteiger partial charge on any atom is 0.244 e. The van der Waals surface area contributed by atoms with E-state index in [2.05, 4.69) is 20.5 Å². The zero-order chi connectivity index (χ0) is 21.6. The Morgan fingerprint density at radius 3 is 2.58 bits per heavy atom. The van der Waals surface area contributed by atoms with E-state index in [1.807, 2.05) is 61.5 Å². The van der Waals surface area contributed by atoms with Crippen LogP contribution in [0.5, 0.6) is 0 Å². The Hall–Kier alpha value is -3.71. The average Bonchev–Trinajstić information content (AvgIpc) is 3.41. The number of nitrogens with zero attached hydrogens (tertiary/aromatic N) is 5. The van der Waals surface area contributed by atoms with Gasteiger partial charge in [-0.3, -0.25) is 4.79 Å². The first kappa shape index (κ1) is 20.6. The minimum atomic E-state index is -0.202. The van der Waals surface area contributed by atoms with E-state index in [0.717, 1.165) is 28.1 Å². The van der Waals surface area contributed by atoms with Crippen LogP contribution in [-0.4, -0.2) is 30.5 Å². The highest BCUT2D eigenvalue weighted by Gasteiger charge is 2.11. The maximum atomic E-state index is 12.3. The second kappa shape index (κ2) is 9.40. The number of aromatic nitrogens is 5.